The summed E-state index contributed by atoms with van der Waals surface area (Å²) < 4.78 is 5.35. The molecule has 1 heterocycles. The molecule has 2 N–H and O–H groups in total. The topological polar surface area (TPSA) is 66.7 Å². The lowest BCUT2D eigenvalue weighted by Crippen LogP contribution is -1.92. The number of nitrogens with one attached hydrogen (secondary N) is 1. The van der Waals surface area contributed by atoms with E-state index in [4.69, 9.17) is 16.3 Å². The van der Waals surface area contributed by atoms with Crippen molar-refractivity contribution in [2.75, 3.05) is 12.5 Å². The van der Waals surface area contributed by atoms with Crippen LogP contribution >= 0.6 is 34.7 Å². The number of para-hydroxylation sites is 1. The fourth-order valence-corrected chi connectivity index (χ4v) is 4.12. The number of phenols is 1. The van der Waals surface area contributed by atoms with E-state index in [-0.39, 0.29) is 5.75 Å². The predicted molar refractivity (Wildman–Crippen MR) is 108 cm³/mol. The number of aromatic nitrogens is 1. The molecule has 0 radical (unpaired) electrons. The Labute approximate surface area is 164 Å². The standard InChI is InChI=1S/C18H16ClN3O2S2/c1-11-10-25-18(21-11)22-20-9-13-14(19)7-12(8-15(13)23)26-17-6-4-3-5-16(17)24-2/h3-10,23H,1-2H3,(H,21,22). The number of hydrogen-bond donors (Lipinski definition) is 2. The fraction of sp³-hybridized carbons (Fsp3) is 0.111. The first-order valence-corrected chi connectivity index (χ1v) is 9.69. The number of nitrogens with zero attached hydrogens (tertiary/aromatic N) is 2. The zero-order valence-electron chi connectivity index (χ0n) is 14.1. The smallest absolute Gasteiger partial charge is 0.203 e. The van der Waals surface area contributed by atoms with Crippen LogP contribution < -0.4 is 10.2 Å². The number of methoxy groups -OCH3 is 1. The summed E-state index contributed by atoms with van der Waals surface area (Å²) >= 11 is 9.24. The maximum atomic E-state index is 10.3. The molecule has 3 aromatic rings. The van der Waals surface area contributed by atoms with Crippen LogP contribution in [-0.4, -0.2) is 23.4 Å². The van der Waals surface area contributed by atoms with Crippen LogP contribution in [-0.2, 0) is 0 Å². The Hall–Kier alpha value is -2.22. The number of aryl methyl sites for hydroxylation is 1. The van der Waals surface area contributed by atoms with E-state index in [1.165, 1.54) is 29.3 Å². The molecule has 0 aliphatic carbocycles. The van der Waals surface area contributed by atoms with Crippen molar-refractivity contribution in [3.63, 3.8) is 0 Å². The van der Waals surface area contributed by atoms with Crippen molar-refractivity contribution in [3.8, 4) is 11.5 Å². The van der Waals surface area contributed by atoms with E-state index in [1.807, 2.05) is 36.6 Å². The molecule has 1 aromatic heterocycles. The van der Waals surface area contributed by atoms with Gasteiger partial charge < -0.3 is 9.84 Å². The Morgan fingerprint density at radius 2 is 2.15 bits per heavy atom. The van der Waals surface area contributed by atoms with Crippen molar-refractivity contribution < 1.29 is 9.84 Å². The quantitative estimate of drug-likeness (QED) is 0.423. The van der Waals surface area contributed by atoms with Gasteiger partial charge in [-0.1, -0.05) is 35.5 Å². The highest BCUT2D eigenvalue weighted by Gasteiger charge is 2.10. The Kier molecular flexibility index (Phi) is 6.03. The highest BCUT2D eigenvalue weighted by atomic mass is 35.5. The molecule has 2 aromatic carbocycles. The SMILES string of the molecule is COc1ccccc1Sc1cc(O)c(C=NNc2nc(C)cs2)c(Cl)c1. The number of ether oxygens (including phenoxy) is 1. The van der Waals surface area contributed by atoms with Gasteiger partial charge >= 0.3 is 0 Å². The molecule has 0 saturated carbocycles. The molecular formula is C18H16ClN3O2S2. The Balaban J connectivity index is 1.77. The molecule has 0 spiro atoms. The maximum absolute atomic E-state index is 10.3. The van der Waals surface area contributed by atoms with E-state index in [0.29, 0.717) is 15.7 Å². The Bertz CT molecular complexity index is 921. The van der Waals surface area contributed by atoms with Gasteiger partial charge in [0.1, 0.15) is 11.5 Å². The van der Waals surface area contributed by atoms with Crippen LogP contribution in [0.4, 0.5) is 5.13 Å². The Morgan fingerprint density at radius 1 is 1.35 bits per heavy atom. The first-order chi connectivity index (χ1) is 12.6. The van der Waals surface area contributed by atoms with Gasteiger partial charge in [-0.3, -0.25) is 5.43 Å². The lowest BCUT2D eigenvalue weighted by atomic mass is 10.2. The molecule has 0 aliphatic heterocycles. The highest BCUT2D eigenvalue weighted by Crippen LogP contribution is 2.38. The van der Waals surface area contributed by atoms with Crippen molar-refractivity contribution >= 4 is 46.0 Å². The molecule has 0 aliphatic rings. The average molecular weight is 406 g/mol. The summed E-state index contributed by atoms with van der Waals surface area (Å²) in [6, 6.07) is 11.1. The third kappa shape index (κ3) is 4.49. The van der Waals surface area contributed by atoms with E-state index < -0.39 is 0 Å². The second-order valence-corrected chi connectivity index (χ2v) is 7.64. The Morgan fingerprint density at radius 3 is 2.85 bits per heavy atom. The van der Waals surface area contributed by atoms with Crippen LogP contribution in [0, 0.1) is 6.92 Å². The zero-order valence-corrected chi connectivity index (χ0v) is 16.5. The van der Waals surface area contributed by atoms with E-state index >= 15 is 0 Å². The van der Waals surface area contributed by atoms with E-state index in [1.54, 1.807) is 19.2 Å². The van der Waals surface area contributed by atoms with Gasteiger partial charge in [-0.05, 0) is 31.2 Å². The summed E-state index contributed by atoms with van der Waals surface area (Å²) in [5.74, 6) is 0.817. The van der Waals surface area contributed by atoms with Crippen molar-refractivity contribution in [2.24, 2.45) is 5.10 Å². The summed E-state index contributed by atoms with van der Waals surface area (Å²) in [6.45, 7) is 1.91. The minimum absolute atomic E-state index is 0.0516. The lowest BCUT2D eigenvalue weighted by Gasteiger charge is -2.09. The van der Waals surface area contributed by atoms with Gasteiger partial charge in [0, 0.05) is 10.3 Å². The number of hydrazone groups is 1. The third-order valence-corrected chi connectivity index (χ3v) is 5.56. The largest absolute Gasteiger partial charge is 0.507 e. The summed E-state index contributed by atoms with van der Waals surface area (Å²) in [5, 5.41) is 17.4. The van der Waals surface area contributed by atoms with E-state index in [9.17, 15) is 5.11 Å². The maximum Gasteiger partial charge on any atom is 0.203 e. The molecule has 0 fully saturated rings. The molecule has 0 amide bonds. The monoisotopic (exact) mass is 405 g/mol. The number of aromatic hydroxyl groups is 1. The summed E-state index contributed by atoms with van der Waals surface area (Å²) in [7, 11) is 1.63. The molecule has 0 saturated heterocycles. The van der Waals surface area contributed by atoms with Crippen LogP contribution in [0.25, 0.3) is 0 Å². The van der Waals surface area contributed by atoms with Crippen molar-refractivity contribution in [1.82, 2.24) is 4.98 Å². The van der Waals surface area contributed by atoms with Crippen LogP contribution in [0.1, 0.15) is 11.3 Å². The van der Waals surface area contributed by atoms with Crippen LogP contribution in [0.5, 0.6) is 11.5 Å². The number of hydrogen-bond acceptors (Lipinski definition) is 7. The molecule has 3 rings (SSSR count). The molecule has 0 bridgehead atoms. The molecule has 8 heteroatoms. The van der Waals surface area contributed by atoms with Gasteiger partial charge in [0.05, 0.1) is 34.5 Å². The lowest BCUT2D eigenvalue weighted by molar-refractivity contribution is 0.405. The van der Waals surface area contributed by atoms with Gasteiger partial charge in [0.15, 0.2) is 0 Å². The second kappa shape index (κ2) is 8.44. The normalized spacial score (nSPS) is 11.0. The van der Waals surface area contributed by atoms with Crippen molar-refractivity contribution in [3.05, 3.63) is 58.1 Å². The first-order valence-electron chi connectivity index (χ1n) is 7.61. The van der Waals surface area contributed by atoms with Crippen LogP contribution in [0.3, 0.4) is 0 Å². The van der Waals surface area contributed by atoms with Crippen molar-refractivity contribution in [2.45, 2.75) is 16.7 Å². The van der Waals surface area contributed by atoms with Crippen LogP contribution in [0.2, 0.25) is 5.02 Å². The highest BCUT2D eigenvalue weighted by molar-refractivity contribution is 7.99. The molecule has 26 heavy (non-hydrogen) atoms. The van der Waals surface area contributed by atoms with Gasteiger partial charge in [-0.25, -0.2) is 4.98 Å². The number of anilines is 1. The molecule has 134 valence electrons. The zero-order chi connectivity index (χ0) is 18.5. The predicted octanol–water partition coefficient (Wildman–Crippen LogP) is 5.42. The number of benzene rings is 2. The van der Waals surface area contributed by atoms with Gasteiger partial charge in [0.25, 0.3) is 0 Å². The summed E-state index contributed by atoms with van der Waals surface area (Å²) in [5.41, 5.74) is 4.19. The molecular weight excluding hydrogens is 390 g/mol. The van der Waals surface area contributed by atoms with Crippen LogP contribution in [0.15, 0.2) is 56.7 Å². The number of rotatable bonds is 6. The molecule has 5 nitrogen and oxygen atoms in total. The minimum atomic E-state index is 0.0516. The van der Waals surface area contributed by atoms with Crippen molar-refractivity contribution in [1.29, 1.82) is 0 Å². The van der Waals surface area contributed by atoms with E-state index in [2.05, 4.69) is 15.5 Å². The van der Waals surface area contributed by atoms with Gasteiger partial charge in [-0.2, -0.15) is 5.10 Å². The number of halogens is 1. The second-order valence-electron chi connectivity index (χ2n) is 5.25. The molecule has 0 atom stereocenters. The number of phenolic OH excluding ortho intramolecular Hbond substituents is 1. The first kappa shape index (κ1) is 18.6. The average Bonchev–Trinajstić information content (AvgIpc) is 3.03. The van der Waals surface area contributed by atoms with E-state index in [0.717, 1.165) is 21.2 Å². The number of thiazole rings is 1. The summed E-state index contributed by atoms with van der Waals surface area (Å²) in [6.07, 6.45) is 1.48. The molecule has 0 unspecified atom stereocenters. The summed E-state index contributed by atoms with van der Waals surface area (Å²) in [4.78, 5) is 5.99. The third-order valence-electron chi connectivity index (χ3n) is 3.35. The van der Waals surface area contributed by atoms with Gasteiger partial charge in [-0.15, -0.1) is 11.3 Å². The van der Waals surface area contributed by atoms with Gasteiger partial charge in [0.2, 0.25) is 5.13 Å². The minimum Gasteiger partial charge on any atom is -0.507 e. The fourth-order valence-electron chi connectivity index (χ4n) is 2.15.